The standard InChI is InChI=1S/C21H27N3O2/c1-2-17-6-5-13-24(15-17)21(25)23-14-18-8-10-20(11-9-18)26-16-19-7-3-4-12-22-19/h3-4,7-12,17H,2,5-6,13-16H2,1H3,(H,23,25). The molecule has 1 atom stereocenters. The summed E-state index contributed by atoms with van der Waals surface area (Å²) in [6.07, 6.45) is 5.24. The molecule has 1 aliphatic rings. The van der Waals surface area contributed by atoms with Crippen LogP contribution in [0, 0.1) is 5.92 Å². The van der Waals surface area contributed by atoms with Crippen LogP contribution in [0.25, 0.3) is 0 Å². The average molecular weight is 353 g/mol. The van der Waals surface area contributed by atoms with Gasteiger partial charge in [0.15, 0.2) is 0 Å². The van der Waals surface area contributed by atoms with Gasteiger partial charge in [-0.3, -0.25) is 4.98 Å². The molecular formula is C21H27N3O2. The minimum Gasteiger partial charge on any atom is -0.487 e. The van der Waals surface area contributed by atoms with Gasteiger partial charge in [0.25, 0.3) is 0 Å². The molecule has 1 N–H and O–H groups in total. The number of rotatable bonds is 6. The van der Waals surface area contributed by atoms with Crippen LogP contribution in [0.3, 0.4) is 0 Å². The molecule has 1 saturated heterocycles. The van der Waals surface area contributed by atoms with Crippen molar-refractivity contribution >= 4 is 6.03 Å². The third-order valence-electron chi connectivity index (χ3n) is 4.86. The smallest absolute Gasteiger partial charge is 0.317 e. The van der Waals surface area contributed by atoms with E-state index in [9.17, 15) is 4.79 Å². The van der Waals surface area contributed by atoms with Crippen molar-refractivity contribution in [1.29, 1.82) is 0 Å². The molecule has 0 spiro atoms. The fourth-order valence-corrected chi connectivity index (χ4v) is 3.22. The molecule has 1 fully saturated rings. The first kappa shape index (κ1) is 18.2. The van der Waals surface area contributed by atoms with E-state index in [1.165, 1.54) is 6.42 Å². The lowest BCUT2D eigenvalue weighted by atomic mass is 9.96. The summed E-state index contributed by atoms with van der Waals surface area (Å²) in [5.41, 5.74) is 1.96. The molecule has 1 aromatic heterocycles. The molecule has 26 heavy (non-hydrogen) atoms. The Bertz CT molecular complexity index is 688. The Morgan fingerprint density at radius 1 is 1.27 bits per heavy atom. The Morgan fingerprint density at radius 3 is 2.85 bits per heavy atom. The van der Waals surface area contributed by atoms with Gasteiger partial charge in [-0.15, -0.1) is 0 Å². The van der Waals surface area contributed by atoms with Crippen LogP contribution in [0.15, 0.2) is 48.7 Å². The maximum absolute atomic E-state index is 12.3. The normalized spacial score (nSPS) is 17.0. The van der Waals surface area contributed by atoms with Crippen molar-refractivity contribution in [2.45, 2.75) is 39.3 Å². The molecule has 2 heterocycles. The molecule has 5 nitrogen and oxygen atoms in total. The zero-order valence-electron chi connectivity index (χ0n) is 15.4. The van der Waals surface area contributed by atoms with Crippen molar-refractivity contribution in [3.8, 4) is 5.75 Å². The quantitative estimate of drug-likeness (QED) is 0.854. The molecule has 138 valence electrons. The summed E-state index contributed by atoms with van der Waals surface area (Å²) >= 11 is 0. The number of pyridine rings is 1. The highest BCUT2D eigenvalue weighted by atomic mass is 16.5. The number of piperidine rings is 1. The second-order valence-corrected chi connectivity index (χ2v) is 6.77. The summed E-state index contributed by atoms with van der Waals surface area (Å²) in [5.74, 6) is 1.44. The Kier molecular flexibility index (Phi) is 6.47. The van der Waals surface area contributed by atoms with E-state index in [-0.39, 0.29) is 6.03 Å². The average Bonchev–Trinajstić information content (AvgIpc) is 2.72. The van der Waals surface area contributed by atoms with Crippen molar-refractivity contribution in [2.75, 3.05) is 13.1 Å². The van der Waals surface area contributed by atoms with Crippen LogP contribution in [0.5, 0.6) is 5.75 Å². The number of nitrogens with zero attached hydrogens (tertiary/aromatic N) is 2. The van der Waals surface area contributed by atoms with Crippen LogP contribution >= 0.6 is 0 Å². The van der Waals surface area contributed by atoms with Crippen molar-refractivity contribution in [3.63, 3.8) is 0 Å². The molecule has 5 heteroatoms. The Balaban J connectivity index is 1.44. The molecule has 0 radical (unpaired) electrons. The summed E-state index contributed by atoms with van der Waals surface area (Å²) in [6.45, 7) is 4.92. The summed E-state index contributed by atoms with van der Waals surface area (Å²) in [5, 5.41) is 3.03. The van der Waals surface area contributed by atoms with Crippen molar-refractivity contribution in [2.24, 2.45) is 5.92 Å². The van der Waals surface area contributed by atoms with E-state index in [1.807, 2.05) is 47.4 Å². The summed E-state index contributed by atoms with van der Waals surface area (Å²) in [4.78, 5) is 18.5. The van der Waals surface area contributed by atoms with Gasteiger partial charge in [-0.05, 0) is 48.6 Å². The van der Waals surface area contributed by atoms with E-state index in [2.05, 4.69) is 17.2 Å². The SMILES string of the molecule is CCC1CCCN(C(=O)NCc2ccc(OCc3ccccn3)cc2)C1. The lowest BCUT2D eigenvalue weighted by Crippen LogP contribution is -2.45. The Labute approximate surface area is 155 Å². The number of aromatic nitrogens is 1. The lowest BCUT2D eigenvalue weighted by molar-refractivity contribution is 0.163. The Hall–Kier alpha value is -2.56. The van der Waals surface area contributed by atoms with Crippen molar-refractivity contribution < 1.29 is 9.53 Å². The molecule has 0 aliphatic carbocycles. The molecule has 1 aromatic carbocycles. The topological polar surface area (TPSA) is 54.5 Å². The number of urea groups is 1. The first-order valence-electron chi connectivity index (χ1n) is 9.39. The maximum Gasteiger partial charge on any atom is 0.317 e. The van der Waals surface area contributed by atoms with Gasteiger partial charge in [0.2, 0.25) is 0 Å². The van der Waals surface area contributed by atoms with E-state index in [4.69, 9.17) is 4.74 Å². The number of amides is 2. The van der Waals surface area contributed by atoms with Gasteiger partial charge in [-0.25, -0.2) is 4.79 Å². The predicted octanol–water partition coefficient (Wildman–Crippen LogP) is 3.99. The lowest BCUT2D eigenvalue weighted by Gasteiger charge is -2.32. The fourth-order valence-electron chi connectivity index (χ4n) is 3.22. The second-order valence-electron chi connectivity index (χ2n) is 6.77. The summed E-state index contributed by atoms with van der Waals surface area (Å²) in [6, 6.07) is 13.6. The number of carbonyl (C=O) groups excluding carboxylic acids is 1. The molecule has 3 rings (SSSR count). The number of benzene rings is 1. The number of hydrogen-bond donors (Lipinski definition) is 1. The maximum atomic E-state index is 12.3. The number of ether oxygens (including phenoxy) is 1. The third kappa shape index (κ3) is 5.22. The van der Waals surface area contributed by atoms with Crippen LogP contribution in [0.1, 0.15) is 37.4 Å². The molecule has 2 amide bonds. The first-order valence-corrected chi connectivity index (χ1v) is 9.39. The summed E-state index contributed by atoms with van der Waals surface area (Å²) in [7, 11) is 0. The van der Waals surface area contributed by atoms with Gasteiger partial charge in [0.1, 0.15) is 12.4 Å². The van der Waals surface area contributed by atoms with E-state index >= 15 is 0 Å². The van der Waals surface area contributed by atoms with E-state index in [0.717, 1.165) is 42.9 Å². The predicted molar refractivity (Wildman–Crippen MR) is 102 cm³/mol. The van der Waals surface area contributed by atoms with Crippen LogP contribution < -0.4 is 10.1 Å². The minimum atomic E-state index is 0.0404. The van der Waals surface area contributed by atoms with Gasteiger partial charge in [0, 0.05) is 25.8 Å². The van der Waals surface area contributed by atoms with Crippen LogP contribution in [-0.2, 0) is 13.2 Å². The van der Waals surface area contributed by atoms with Gasteiger partial charge < -0.3 is 15.0 Å². The largest absolute Gasteiger partial charge is 0.487 e. The highest BCUT2D eigenvalue weighted by Crippen LogP contribution is 2.19. The molecular weight excluding hydrogens is 326 g/mol. The van der Waals surface area contributed by atoms with E-state index in [0.29, 0.717) is 19.1 Å². The highest BCUT2D eigenvalue weighted by Gasteiger charge is 2.22. The van der Waals surface area contributed by atoms with Crippen LogP contribution in [-0.4, -0.2) is 29.0 Å². The second kappa shape index (κ2) is 9.22. The molecule has 1 unspecified atom stereocenters. The van der Waals surface area contributed by atoms with Crippen molar-refractivity contribution in [3.05, 3.63) is 59.9 Å². The number of carbonyl (C=O) groups is 1. The number of nitrogens with one attached hydrogen (secondary N) is 1. The number of likely N-dealkylation sites (tertiary alicyclic amines) is 1. The Morgan fingerprint density at radius 2 is 2.12 bits per heavy atom. The van der Waals surface area contributed by atoms with Crippen LogP contribution in [0.4, 0.5) is 4.79 Å². The zero-order chi connectivity index (χ0) is 18.2. The molecule has 2 aromatic rings. The number of hydrogen-bond acceptors (Lipinski definition) is 3. The van der Waals surface area contributed by atoms with Gasteiger partial charge >= 0.3 is 6.03 Å². The molecule has 1 aliphatic heterocycles. The zero-order valence-corrected chi connectivity index (χ0v) is 15.4. The van der Waals surface area contributed by atoms with Crippen molar-refractivity contribution in [1.82, 2.24) is 15.2 Å². The van der Waals surface area contributed by atoms with Crippen LogP contribution in [0.2, 0.25) is 0 Å². The highest BCUT2D eigenvalue weighted by molar-refractivity contribution is 5.74. The van der Waals surface area contributed by atoms with Gasteiger partial charge in [-0.2, -0.15) is 0 Å². The molecule has 0 bridgehead atoms. The summed E-state index contributed by atoms with van der Waals surface area (Å²) < 4.78 is 5.73. The fraction of sp³-hybridized carbons (Fsp3) is 0.429. The molecule has 0 saturated carbocycles. The van der Waals surface area contributed by atoms with Gasteiger partial charge in [-0.1, -0.05) is 31.5 Å². The van der Waals surface area contributed by atoms with E-state index in [1.54, 1.807) is 6.20 Å². The van der Waals surface area contributed by atoms with Gasteiger partial charge in [0.05, 0.1) is 5.69 Å². The third-order valence-corrected chi connectivity index (χ3v) is 4.86. The monoisotopic (exact) mass is 353 g/mol. The minimum absolute atomic E-state index is 0.0404. The van der Waals surface area contributed by atoms with E-state index < -0.39 is 0 Å². The first-order chi connectivity index (χ1) is 12.7.